The van der Waals surface area contributed by atoms with Crippen molar-refractivity contribution >= 4 is 11.6 Å². The minimum absolute atomic E-state index is 0.174. The van der Waals surface area contributed by atoms with Crippen LogP contribution in [-0.2, 0) is 11.2 Å². The number of benzene rings is 1. The van der Waals surface area contributed by atoms with E-state index in [-0.39, 0.29) is 5.91 Å². The second-order valence-electron chi connectivity index (χ2n) is 4.79. The standard InChI is InChI=1S/C14H21N3O/c15-13-5-1-3-12(11-13)4-2-8-17-9-6-14(18)16-7-10-17/h1,3,5,11H,2,4,6-10,15H2,(H,16,18). The number of nitrogen functional groups attached to an aromatic ring is 1. The van der Waals surface area contributed by atoms with Gasteiger partial charge in [0, 0.05) is 31.7 Å². The second-order valence-corrected chi connectivity index (χ2v) is 4.79. The molecule has 1 aliphatic rings. The molecule has 1 aromatic rings. The zero-order chi connectivity index (χ0) is 12.8. The maximum absolute atomic E-state index is 11.2. The van der Waals surface area contributed by atoms with Gasteiger partial charge >= 0.3 is 0 Å². The van der Waals surface area contributed by atoms with Gasteiger partial charge < -0.3 is 16.0 Å². The summed E-state index contributed by atoms with van der Waals surface area (Å²) in [5, 5.41) is 2.89. The van der Waals surface area contributed by atoms with Crippen LogP contribution in [0.1, 0.15) is 18.4 Å². The Bertz CT molecular complexity index is 406. The molecule has 98 valence electrons. The Kier molecular flexibility index (Phi) is 4.59. The van der Waals surface area contributed by atoms with E-state index in [4.69, 9.17) is 5.73 Å². The van der Waals surface area contributed by atoms with Gasteiger partial charge in [-0.25, -0.2) is 0 Å². The Balaban J connectivity index is 1.73. The zero-order valence-electron chi connectivity index (χ0n) is 10.7. The molecule has 18 heavy (non-hydrogen) atoms. The van der Waals surface area contributed by atoms with E-state index in [1.54, 1.807) is 0 Å². The third kappa shape index (κ3) is 4.04. The average molecular weight is 247 g/mol. The minimum atomic E-state index is 0.174. The largest absolute Gasteiger partial charge is 0.399 e. The summed E-state index contributed by atoms with van der Waals surface area (Å²) >= 11 is 0. The molecule has 0 unspecified atom stereocenters. The third-order valence-electron chi connectivity index (χ3n) is 3.30. The van der Waals surface area contributed by atoms with Crippen molar-refractivity contribution in [2.75, 3.05) is 31.9 Å². The Morgan fingerprint density at radius 1 is 1.33 bits per heavy atom. The maximum atomic E-state index is 11.2. The number of nitrogens with one attached hydrogen (secondary N) is 1. The van der Waals surface area contributed by atoms with Crippen molar-refractivity contribution in [3.63, 3.8) is 0 Å². The Hall–Kier alpha value is -1.55. The lowest BCUT2D eigenvalue weighted by Crippen LogP contribution is -2.29. The minimum Gasteiger partial charge on any atom is -0.399 e. The van der Waals surface area contributed by atoms with E-state index in [9.17, 15) is 4.79 Å². The molecule has 0 saturated carbocycles. The Morgan fingerprint density at radius 3 is 3.06 bits per heavy atom. The summed E-state index contributed by atoms with van der Waals surface area (Å²) in [4.78, 5) is 13.6. The molecule has 1 aliphatic heterocycles. The van der Waals surface area contributed by atoms with Crippen LogP contribution in [0.15, 0.2) is 24.3 Å². The number of amides is 1. The van der Waals surface area contributed by atoms with E-state index in [1.165, 1.54) is 5.56 Å². The molecular formula is C14H21N3O. The first-order valence-electron chi connectivity index (χ1n) is 6.57. The number of carbonyl (C=O) groups is 1. The number of aryl methyl sites for hydroxylation is 1. The van der Waals surface area contributed by atoms with Gasteiger partial charge in [0.05, 0.1) is 0 Å². The van der Waals surface area contributed by atoms with Crippen molar-refractivity contribution < 1.29 is 4.79 Å². The summed E-state index contributed by atoms with van der Waals surface area (Å²) in [7, 11) is 0. The van der Waals surface area contributed by atoms with Gasteiger partial charge in [-0.3, -0.25) is 4.79 Å². The van der Waals surface area contributed by atoms with Crippen molar-refractivity contribution in [3.05, 3.63) is 29.8 Å². The summed E-state index contributed by atoms with van der Waals surface area (Å²) < 4.78 is 0. The van der Waals surface area contributed by atoms with Crippen LogP contribution in [0.25, 0.3) is 0 Å². The molecule has 0 spiro atoms. The van der Waals surface area contributed by atoms with Crippen LogP contribution in [0.2, 0.25) is 0 Å². The number of hydrogen-bond donors (Lipinski definition) is 2. The van der Waals surface area contributed by atoms with Crippen molar-refractivity contribution in [3.8, 4) is 0 Å². The first kappa shape index (κ1) is 12.9. The van der Waals surface area contributed by atoms with Gasteiger partial charge in [0.1, 0.15) is 0 Å². The van der Waals surface area contributed by atoms with Crippen molar-refractivity contribution in [1.29, 1.82) is 0 Å². The van der Waals surface area contributed by atoms with Crippen LogP contribution < -0.4 is 11.1 Å². The summed E-state index contributed by atoms with van der Waals surface area (Å²) in [6.07, 6.45) is 2.78. The molecule has 2 rings (SSSR count). The topological polar surface area (TPSA) is 58.4 Å². The molecule has 0 aromatic heterocycles. The molecule has 1 heterocycles. The highest BCUT2D eigenvalue weighted by atomic mass is 16.1. The van der Waals surface area contributed by atoms with Gasteiger partial charge in [0.15, 0.2) is 0 Å². The molecule has 0 aliphatic carbocycles. The van der Waals surface area contributed by atoms with Crippen LogP contribution in [0.3, 0.4) is 0 Å². The number of nitrogens with zero attached hydrogens (tertiary/aromatic N) is 1. The molecule has 1 saturated heterocycles. The fourth-order valence-electron chi connectivity index (χ4n) is 2.29. The fourth-order valence-corrected chi connectivity index (χ4v) is 2.29. The molecule has 0 radical (unpaired) electrons. The third-order valence-corrected chi connectivity index (χ3v) is 3.30. The van der Waals surface area contributed by atoms with Gasteiger partial charge in [-0.05, 0) is 37.1 Å². The van der Waals surface area contributed by atoms with E-state index in [1.807, 2.05) is 18.2 Å². The number of nitrogens with two attached hydrogens (primary N) is 1. The number of carbonyl (C=O) groups excluding carboxylic acids is 1. The van der Waals surface area contributed by atoms with Gasteiger partial charge in [-0.1, -0.05) is 12.1 Å². The lowest BCUT2D eigenvalue weighted by atomic mass is 10.1. The molecule has 0 atom stereocenters. The number of hydrogen-bond acceptors (Lipinski definition) is 3. The Morgan fingerprint density at radius 2 is 2.22 bits per heavy atom. The highest BCUT2D eigenvalue weighted by molar-refractivity contribution is 5.76. The second kappa shape index (κ2) is 6.40. The van der Waals surface area contributed by atoms with Crippen LogP contribution in [0, 0.1) is 0 Å². The van der Waals surface area contributed by atoms with Crippen LogP contribution in [0.4, 0.5) is 5.69 Å². The molecule has 4 nitrogen and oxygen atoms in total. The maximum Gasteiger partial charge on any atom is 0.221 e. The molecule has 4 heteroatoms. The van der Waals surface area contributed by atoms with Crippen molar-refractivity contribution in [1.82, 2.24) is 10.2 Å². The van der Waals surface area contributed by atoms with Gasteiger partial charge in [-0.15, -0.1) is 0 Å². The molecule has 1 amide bonds. The summed E-state index contributed by atoms with van der Waals surface area (Å²) in [6, 6.07) is 8.06. The quantitative estimate of drug-likeness (QED) is 0.781. The summed E-state index contributed by atoms with van der Waals surface area (Å²) in [5.41, 5.74) is 7.87. The lowest BCUT2D eigenvalue weighted by molar-refractivity contribution is -0.120. The SMILES string of the molecule is Nc1cccc(CCCN2CCNC(=O)CC2)c1. The highest BCUT2D eigenvalue weighted by Crippen LogP contribution is 2.09. The lowest BCUT2D eigenvalue weighted by Gasteiger charge is -2.18. The van der Waals surface area contributed by atoms with Gasteiger partial charge in [-0.2, -0.15) is 0 Å². The molecule has 3 N–H and O–H groups in total. The zero-order valence-corrected chi connectivity index (χ0v) is 10.7. The van der Waals surface area contributed by atoms with Crippen molar-refractivity contribution in [2.45, 2.75) is 19.3 Å². The molecular weight excluding hydrogens is 226 g/mol. The predicted octanol–water partition coefficient (Wildman–Crippen LogP) is 1.02. The fraction of sp³-hybridized carbons (Fsp3) is 0.500. The summed E-state index contributed by atoms with van der Waals surface area (Å²) in [6.45, 7) is 3.66. The molecule has 1 aromatic carbocycles. The van der Waals surface area contributed by atoms with E-state index in [0.29, 0.717) is 6.42 Å². The van der Waals surface area contributed by atoms with Crippen molar-refractivity contribution in [2.24, 2.45) is 0 Å². The van der Waals surface area contributed by atoms with Gasteiger partial charge in [0.2, 0.25) is 5.91 Å². The van der Waals surface area contributed by atoms with Gasteiger partial charge in [0.25, 0.3) is 0 Å². The predicted molar refractivity (Wildman–Crippen MR) is 73.2 cm³/mol. The monoisotopic (exact) mass is 247 g/mol. The smallest absolute Gasteiger partial charge is 0.221 e. The highest BCUT2D eigenvalue weighted by Gasteiger charge is 2.12. The average Bonchev–Trinajstić information content (AvgIpc) is 2.55. The Labute approximate surface area is 108 Å². The number of rotatable bonds is 4. The molecule has 0 bridgehead atoms. The van der Waals surface area contributed by atoms with E-state index >= 15 is 0 Å². The van der Waals surface area contributed by atoms with Crippen LogP contribution >= 0.6 is 0 Å². The van der Waals surface area contributed by atoms with E-state index in [0.717, 1.165) is 44.7 Å². The van der Waals surface area contributed by atoms with Crippen LogP contribution in [-0.4, -0.2) is 37.0 Å². The first-order chi connectivity index (χ1) is 8.74. The molecule has 1 fully saturated rings. The van der Waals surface area contributed by atoms with Crippen LogP contribution in [0.5, 0.6) is 0 Å². The van der Waals surface area contributed by atoms with E-state index in [2.05, 4.69) is 16.3 Å². The van der Waals surface area contributed by atoms with E-state index < -0.39 is 0 Å². The summed E-state index contributed by atoms with van der Waals surface area (Å²) in [5.74, 6) is 0.174. The number of anilines is 1. The first-order valence-corrected chi connectivity index (χ1v) is 6.57. The normalized spacial score (nSPS) is 17.2.